The van der Waals surface area contributed by atoms with Crippen LogP contribution < -0.4 is 10.6 Å². The highest BCUT2D eigenvalue weighted by molar-refractivity contribution is 6.30. The van der Waals surface area contributed by atoms with Crippen molar-refractivity contribution in [2.75, 3.05) is 25.0 Å². The summed E-state index contributed by atoms with van der Waals surface area (Å²) in [5, 5.41) is 6.51. The molecule has 2 heterocycles. The first-order valence-corrected chi connectivity index (χ1v) is 12.9. The van der Waals surface area contributed by atoms with Crippen molar-refractivity contribution in [1.82, 2.24) is 19.8 Å². The van der Waals surface area contributed by atoms with Gasteiger partial charge in [0.25, 0.3) is 0 Å². The molecule has 0 aliphatic carbocycles. The number of imidazole rings is 1. The molecule has 1 fully saturated rings. The summed E-state index contributed by atoms with van der Waals surface area (Å²) in [6.07, 6.45) is 3.61. The van der Waals surface area contributed by atoms with Crippen LogP contribution in [0.25, 0.3) is 16.9 Å². The van der Waals surface area contributed by atoms with Crippen LogP contribution in [0.2, 0.25) is 5.02 Å². The predicted octanol–water partition coefficient (Wildman–Crippen LogP) is 5.43. The predicted molar refractivity (Wildman–Crippen MR) is 146 cm³/mol. The summed E-state index contributed by atoms with van der Waals surface area (Å²) in [4.78, 5) is 32.5. The number of urea groups is 1. The number of nitrogens with zero attached hydrogens (tertiary/aromatic N) is 3. The monoisotopic (exact) mass is 523 g/mol. The van der Waals surface area contributed by atoms with Crippen LogP contribution in [0, 0.1) is 6.92 Å². The molecule has 2 N–H and O–H groups in total. The van der Waals surface area contributed by atoms with E-state index in [0.717, 1.165) is 29.7 Å². The number of nitrogens with one attached hydrogen (secondary N) is 2. The number of hydrogen-bond acceptors (Lipinski definition) is 4. The Balaban J connectivity index is 1.58. The molecule has 196 valence electrons. The van der Waals surface area contributed by atoms with Crippen molar-refractivity contribution < 1.29 is 14.3 Å². The van der Waals surface area contributed by atoms with Gasteiger partial charge in [-0.2, -0.15) is 0 Å². The maximum absolute atomic E-state index is 13.3. The second kappa shape index (κ2) is 11.4. The molecule has 8 nitrogen and oxygen atoms in total. The van der Waals surface area contributed by atoms with Crippen molar-refractivity contribution >= 4 is 29.5 Å². The third-order valence-electron chi connectivity index (χ3n) is 5.96. The van der Waals surface area contributed by atoms with Gasteiger partial charge in [-0.1, -0.05) is 41.4 Å². The quantitative estimate of drug-likeness (QED) is 0.432. The normalized spacial score (nSPS) is 15.4. The van der Waals surface area contributed by atoms with Crippen LogP contribution >= 0.6 is 11.6 Å². The molecule has 3 amide bonds. The summed E-state index contributed by atoms with van der Waals surface area (Å²) in [5.41, 5.74) is 3.11. The van der Waals surface area contributed by atoms with E-state index in [1.807, 2.05) is 74.9 Å². The minimum absolute atomic E-state index is 0.0791. The first kappa shape index (κ1) is 26.7. The van der Waals surface area contributed by atoms with Gasteiger partial charge in [-0.05, 0) is 64.8 Å². The van der Waals surface area contributed by atoms with Gasteiger partial charge >= 0.3 is 6.03 Å². The fourth-order valence-corrected chi connectivity index (χ4v) is 4.25. The molecule has 1 aliphatic rings. The third kappa shape index (κ3) is 7.33. The van der Waals surface area contributed by atoms with Crippen molar-refractivity contribution in [3.05, 3.63) is 65.3 Å². The average Bonchev–Trinajstić information content (AvgIpc) is 3.49. The zero-order valence-electron chi connectivity index (χ0n) is 21.8. The number of anilines is 1. The van der Waals surface area contributed by atoms with E-state index in [1.165, 1.54) is 4.90 Å². The Kier molecular flexibility index (Phi) is 8.19. The van der Waals surface area contributed by atoms with E-state index in [9.17, 15) is 9.59 Å². The van der Waals surface area contributed by atoms with Crippen LogP contribution in [0.3, 0.4) is 0 Å². The molecule has 1 aromatic heterocycles. The van der Waals surface area contributed by atoms with Crippen LogP contribution in [-0.2, 0) is 9.53 Å². The molecular weight excluding hydrogens is 490 g/mol. The number of aromatic nitrogens is 2. The second-order valence-electron chi connectivity index (χ2n) is 10.4. The number of halogens is 1. The van der Waals surface area contributed by atoms with Crippen molar-refractivity contribution in [3.63, 3.8) is 0 Å². The smallest absolute Gasteiger partial charge is 0.318 e. The molecule has 1 atom stereocenters. The number of carbonyl (C=O) groups is 2. The van der Waals surface area contributed by atoms with Gasteiger partial charge in [-0.3, -0.25) is 14.7 Å². The minimum atomic E-state index is -0.433. The largest absolute Gasteiger partial charge is 0.376 e. The number of ether oxygens (including phenoxy) is 1. The molecule has 0 saturated carbocycles. The van der Waals surface area contributed by atoms with E-state index in [-0.39, 0.29) is 24.6 Å². The van der Waals surface area contributed by atoms with Crippen LogP contribution in [0.4, 0.5) is 10.7 Å². The zero-order valence-corrected chi connectivity index (χ0v) is 22.5. The van der Waals surface area contributed by atoms with Gasteiger partial charge in [-0.15, -0.1) is 0 Å². The Labute approximate surface area is 223 Å². The lowest BCUT2D eigenvalue weighted by molar-refractivity contribution is -0.117. The van der Waals surface area contributed by atoms with Crippen molar-refractivity contribution in [3.8, 4) is 16.9 Å². The molecular formula is C28H34ClN5O3. The summed E-state index contributed by atoms with van der Waals surface area (Å²) < 4.78 is 7.57. The lowest BCUT2D eigenvalue weighted by Gasteiger charge is -2.29. The van der Waals surface area contributed by atoms with E-state index < -0.39 is 5.54 Å². The highest BCUT2D eigenvalue weighted by Crippen LogP contribution is 2.26. The van der Waals surface area contributed by atoms with Gasteiger partial charge < -0.3 is 15.0 Å². The van der Waals surface area contributed by atoms with E-state index in [0.29, 0.717) is 29.8 Å². The summed E-state index contributed by atoms with van der Waals surface area (Å²) in [6, 6.07) is 15.0. The molecule has 0 unspecified atom stereocenters. The van der Waals surface area contributed by atoms with Gasteiger partial charge in [-0.25, -0.2) is 9.78 Å². The molecule has 1 saturated heterocycles. The number of benzene rings is 2. The standard InChI is InChI=1S/C28H34ClN5O3/c1-19-7-13-22(14-8-19)34-17-24(20-9-11-21(29)12-10-20)30-26(34)31-25(35)18-33(16-23-6-5-15-37-23)27(36)32-28(2,3)4/h7-14,17,23H,5-6,15-16,18H2,1-4H3,(H,32,36)(H,30,31,35)/t23-/m1/s1. The number of rotatable bonds is 7. The van der Waals surface area contributed by atoms with E-state index in [1.54, 1.807) is 12.1 Å². The molecule has 0 radical (unpaired) electrons. The fourth-order valence-electron chi connectivity index (χ4n) is 4.12. The molecule has 0 spiro atoms. The van der Waals surface area contributed by atoms with Gasteiger partial charge in [0, 0.05) is 41.2 Å². The highest BCUT2D eigenvalue weighted by Gasteiger charge is 2.27. The highest BCUT2D eigenvalue weighted by atomic mass is 35.5. The van der Waals surface area contributed by atoms with Crippen molar-refractivity contribution in [2.24, 2.45) is 0 Å². The number of carbonyl (C=O) groups excluding carboxylic acids is 2. The maximum atomic E-state index is 13.3. The Morgan fingerprint density at radius 3 is 2.46 bits per heavy atom. The topological polar surface area (TPSA) is 88.5 Å². The molecule has 4 rings (SSSR count). The fraction of sp³-hybridized carbons (Fsp3) is 0.393. The first-order valence-electron chi connectivity index (χ1n) is 12.5. The zero-order chi connectivity index (χ0) is 26.6. The first-order chi connectivity index (χ1) is 17.6. The van der Waals surface area contributed by atoms with Crippen molar-refractivity contribution in [2.45, 2.75) is 52.2 Å². The Bertz CT molecular complexity index is 1230. The van der Waals surface area contributed by atoms with Gasteiger partial charge in [0.05, 0.1) is 11.8 Å². The summed E-state index contributed by atoms with van der Waals surface area (Å²) in [7, 11) is 0. The Morgan fingerprint density at radius 2 is 1.84 bits per heavy atom. The van der Waals surface area contributed by atoms with E-state index in [2.05, 4.69) is 10.6 Å². The van der Waals surface area contributed by atoms with Crippen molar-refractivity contribution in [1.29, 1.82) is 0 Å². The van der Waals surface area contributed by atoms with Crippen LogP contribution in [0.1, 0.15) is 39.2 Å². The summed E-state index contributed by atoms with van der Waals surface area (Å²) in [5.74, 6) is 0.0239. The van der Waals surface area contributed by atoms with Gasteiger partial charge in [0.2, 0.25) is 11.9 Å². The maximum Gasteiger partial charge on any atom is 0.318 e. The number of hydrogen-bond donors (Lipinski definition) is 2. The van der Waals surface area contributed by atoms with Crippen LogP contribution in [0.5, 0.6) is 0 Å². The number of aryl methyl sites for hydroxylation is 1. The molecule has 2 aromatic carbocycles. The molecule has 0 bridgehead atoms. The third-order valence-corrected chi connectivity index (χ3v) is 6.21. The molecule has 1 aliphatic heterocycles. The van der Waals surface area contributed by atoms with Gasteiger partial charge in [0.15, 0.2) is 0 Å². The lowest BCUT2D eigenvalue weighted by atomic mass is 10.1. The SMILES string of the molecule is Cc1ccc(-n2cc(-c3ccc(Cl)cc3)nc2NC(=O)CN(C[C@H]2CCCO2)C(=O)NC(C)(C)C)cc1. The van der Waals surface area contributed by atoms with Crippen LogP contribution in [0.15, 0.2) is 54.7 Å². The Morgan fingerprint density at radius 1 is 1.14 bits per heavy atom. The second-order valence-corrected chi connectivity index (χ2v) is 10.8. The average molecular weight is 524 g/mol. The minimum Gasteiger partial charge on any atom is -0.376 e. The van der Waals surface area contributed by atoms with Gasteiger partial charge in [0.1, 0.15) is 6.54 Å². The van der Waals surface area contributed by atoms with Crippen LogP contribution in [-0.4, -0.2) is 57.7 Å². The Hall–Kier alpha value is -3.36. The molecule has 9 heteroatoms. The summed E-state index contributed by atoms with van der Waals surface area (Å²) in [6.45, 7) is 8.64. The molecule has 37 heavy (non-hydrogen) atoms. The number of amides is 3. The summed E-state index contributed by atoms with van der Waals surface area (Å²) >= 11 is 6.06. The molecule has 3 aromatic rings. The van der Waals surface area contributed by atoms with E-state index >= 15 is 0 Å². The lowest BCUT2D eigenvalue weighted by Crippen LogP contribution is -2.52. The van der Waals surface area contributed by atoms with E-state index in [4.69, 9.17) is 21.3 Å².